The zero-order valence-electron chi connectivity index (χ0n) is 19.8. The van der Waals surface area contributed by atoms with Gasteiger partial charge in [0.05, 0.1) is 16.6 Å². The number of fused-ring (bicyclic) bond motifs is 2. The minimum Gasteiger partial charge on any atom is -0.491 e. The summed E-state index contributed by atoms with van der Waals surface area (Å²) in [6.45, 7) is 4.11. The third-order valence-corrected chi connectivity index (χ3v) is 6.73. The zero-order chi connectivity index (χ0) is 25.4. The number of pyridine rings is 1. The van der Waals surface area contributed by atoms with E-state index in [1.807, 2.05) is 0 Å². The van der Waals surface area contributed by atoms with E-state index >= 15 is 0 Å². The van der Waals surface area contributed by atoms with Crippen LogP contribution in [-0.4, -0.2) is 60.3 Å². The van der Waals surface area contributed by atoms with E-state index in [-0.39, 0.29) is 22.7 Å². The summed E-state index contributed by atoms with van der Waals surface area (Å²) in [7, 11) is 1.71. The number of hydrogen-bond acceptors (Lipinski definition) is 9. The number of imidazole rings is 1. The van der Waals surface area contributed by atoms with E-state index in [9.17, 15) is 14.9 Å². The molecule has 3 aromatic heterocycles. The Morgan fingerprint density at radius 3 is 2.81 bits per heavy atom. The summed E-state index contributed by atoms with van der Waals surface area (Å²) in [6.07, 6.45) is 4.75. The first kappa shape index (κ1) is 24.1. The lowest BCUT2D eigenvalue weighted by Gasteiger charge is -2.32. The molecule has 0 saturated carbocycles. The number of halogens is 1. The first-order valence-electron chi connectivity index (χ1n) is 11.6. The quantitative estimate of drug-likeness (QED) is 0.172. The molecule has 0 unspecified atom stereocenters. The molecular formula is C23H25ClN8O4. The number of aryl methyl sites for hydroxylation is 2. The van der Waals surface area contributed by atoms with Crippen molar-refractivity contribution in [3.05, 3.63) is 62.0 Å². The molecule has 0 spiro atoms. The van der Waals surface area contributed by atoms with E-state index in [1.54, 1.807) is 47.6 Å². The van der Waals surface area contributed by atoms with Crippen molar-refractivity contribution >= 4 is 39.4 Å². The maximum Gasteiger partial charge on any atom is 0.330 e. The average molecular weight is 513 g/mol. The van der Waals surface area contributed by atoms with Crippen molar-refractivity contribution in [2.75, 3.05) is 26.2 Å². The van der Waals surface area contributed by atoms with Crippen molar-refractivity contribution in [2.45, 2.75) is 25.8 Å². The van der Waals surface area contributed by atoms with Crippen LogP contribution in [0.4, 0.5) is 5.69 Å². The summed E-state index contributed by atoms with van der Waals surface area (Å²) in [5.74, 6) is 0.555. The Bertz CT molecular complexity index is 1510. The van der Waals surface area contributed by atoms with Gasteiger partial charge in [-0.3, -0.25) is 29.7 Å². The highest BCUT2D eigenvalue weighted by molar-refractivity contribution is 6.28. The summed E-state index contributed by atoms with van der Waals surface area (Å²) in [4.78, 5) is 36.3. The fraction of sp³-hybridized carbons (Fsp3) is 0.391. The Labute approximate surface area is 210 Å². The third kappa shape index (κ3) is 4.50. The molecule has 1 aliphatic rings. The van der Waals surface area contributed by atoms with Gasteiger partial charge < -0.3 is 4.74 Å². The first-order valence-corrected chi connectivity index (χ1v) is 12.0. The molecule has 0 radical (unpaired) electrons. The molecule has 1 aromatic carbocycles. The number of benzene rings is 1. The van der Waals surface area contributed by atoms with Crippen LogP contribution in [0.15, 0.2) is 35.4 Å². The van der Waals surface area contributed by atoms with Crippen molar-refractivity contribution in [2.24, 2.45) is 7.05 Å². The number of aromatic nitrogens is 5. The van der Waals surface area contributed by atoms with Crippen molar-refractivity contribution < 1.29 is 9.66 Å². The molecule has 1 saturated heterocycles. The van der Waals surface area contributed by atoms with Crippen LogP contribution in [0, 0.1) is 17.0 Å². The molecule has 13 heteroatoms. The number of nitrogens with one attached hydrogen (secondary N) is 1. The van der Waals surface area contributed by atoms with Gasteiger partial charge >= 0.3 is 5.69 Å². The number of nitro benzene ring substituents is 1. The van der Waals surface area contributed by atoms with Crippen LogP contribution in [0.5, 0.6) is 5.75 Å². The third-order valence-electron chi connectivity index (χ3n) is 6.54. The lowest BCUT2D eigenvalue weighted by atomic mass is 10.1. The minimum absolute atomic E-state index is 0.0175. The van der Waals surface area contributed by atoms with Gasteiger partial charge in [0, 0.05) is 55.9 Å². The van der Waals surface area contributed by atoms with E-state index in [4.69, 9.17) is 16.3 Å². The van der Waals surface area contributed by atoms with Gasteiger partial charge in [0.2, 0.25) is 5.28 Å². The molecular weight excluding hydrogens is 488 g/mol. The van der Waals surface area contributed by atoms with E-state index < -0.39 is 4.92 Å². The Hall–Kier alpha value is -3.61. The lowest BCUT2D eigenvalue weighted by Crippen LogP contribution is -2.46. The predicted molar refractivity (Wildman–Crippen MR) is 134 cm³/mol. The molecule has 1 N–H and O–H groups in total. The van der Waals surface area contributed by atoms with Crippen molar-refractivity contribution in [3.63, 3.8) is 0 Å². The number of ether oxygens (including phenoxy) is 1. The van der Waals surface area contributed by atoms with Crippen molar-refractivity contribution in [1.82, 2.24) is 34.5 Å². The molecule has 0 bridgehead atoms. The molecule has 0 amide bonds. The lowest BCUT2D eigenvalue weighted by molar-refractivity contribution is -0.385. The summed E-state index contributed by atoms with van der Waals surface area (Å²) in [6, 6.07) is 4.94. The van der Waals surface area contributed by atoms with Crippen LogP contribution in [0.1, 0.15) is 24.4 Å². The molecule has 4 aromatic rings. The van der Waals surface area contributed by atoms with Crippen molar-refractivity contribution in [1.29, 1.82) is 0 Å². The molecule has 0 aliphatic carbocycles. The van der Waals surface area contributed by atoms with Crippen LogP contribution in [0.3, 0.4) is 0 Å². The van der Waals surface area contributed by atoms with Gasteiger partial charge in [-0.1, -0.05) is 0 Å². The Morgan fingerprint density at radius 2 is 2.06 bits per heavy atom. The highest BCUT2D eigenvalue weighted by atomic mass is 35.5. The van der Waals surface area contributed by atoms with Crippen molar-refractivity contribution in [3.8, 4) is 5.75 Å². The maximum absolute atomic E-state index is 12.8. The highest BCUT2D eigenvalue weighted by Gasteiger charge is 2.25. The predicted octanol–water partition coefficient (Wildman–Crippen LogP) is 2.77. The van der Waals surface area contributed by atoms with Gasteiger partial charge in [0.15, 0.2) is 5.65 Å². The smallest absolute Gasteiger partial charge is 0.330 e. The second-order valence-corrected chi connectivity index (χ2v) is 9.09. The number of hydrazine groups is 1. The van der Waals surface area contributed by atoms with Gasteiger partial charge in [-0.25, -0.2) is 14.8 Å². The zero-order valence-corrected chi connectivity index (χ0v) is 20.6. The number of piperidine rings is 1. The van der Waals surface area contributed by atoms with E-state index in [0.717, 1.165) is 25.9 Å². The summed E-state index contributed by atoms with van der Waals surface area (Å²) >= 11 is 5.98. The highest BCUT2D eigenvalue weighted by Crippen LogP contribution is 2.30. The van der Waals surface area contributed by atoms with Gasteiger partial charge in [0.25, 0.3) is 5.69 Å². The molecule has 12 nitrogen and oxygen atoms in total. The maximum atomic E-state index is 12.8. The number of rotatable bonds is 7. The number of nitro groups is 1. The van der Waals surface area contributed by atoms with Gasteiger partial charge in [0.1, 0.15) is 17.9 Å². The first-order chi connectivity index (χ1) is 17.3. The largest absolute Gasteiger partial charge is 0.491 e. The van der Waals surface area contributed by atoms with Gasteiger partial charge in [-0.05, 0) is 43.5 Å². The van der Waals surface area contributed by atoms with E-state index in [1.165, 1.54) is 6.07 Å². The molecule has 36 heavy (non-hydrogen) atoms. The van der Waals surface area contributed by atoms with Crippen LogP contribution in [-0.2, 0) is 7.05 Å². The normalized spacial score (nSPS) is 15.1. The van der Waals surface area contributed by atoms with Crippen LogP contribution in [0.2, 0.25) is 5.28 Å². The molecule has 1 aliphatic heterocycles. The van der Waals surface area contributed by atoms with Gasteiger partial charge in [-0.2, -0.15) is 4.98 Å². The topological polar surface area (TPSA) is 133 Å². The van der Waals surface area contributed by atoms with Crippen LogP contribution < -0.4 is 15.9 Å². The van der Waals surface area contributed by atoms with Gasteiger partial charge in [-0.15, -0.1) is 0 Å². The fourth-order valence-corrected chi connectivity index (χ4v) is 4.80. The van der Waals surface area contributed by atoms with Crippen LogP contribution in [0.25, 0.3) is 22.1 Å². The SMILES string of the molecule is Cc1cc2nccc(OCCNN3CCC(n4c(=O)n(C)c5cnc(Cl)nc54)CC3)c2cc1[N+](=O)[O-]. The molecule has 0 atom stereocenters. The fourth-order valence-electron chi connectivity index (χ4n) is 4.67. The molecule has 188 valence electrons. The molecule has 4 heterocycles. The second kappa shape index (κ2) is 9.80. The monoisotopic (exact) mass is 512 g/mol. The Balaban J connectivity index is 1.18. The summed E-state index contributed by atoms with van der Waals surface area (Å²) in [5, 5.41) is 14.2. The minimum atomic E-state index is -0.398. The van der Waals surface area contributed by atoms with E-state index in [0.29, 0.717) is 46.5 Å². The second-order valence-electron chi connectivity index (χ2n) is 8.76. The Morgan fingerprint density at radius 1 is 1.28 bits per heavy atom. The Kier molecular flexibility index (Phi) is 6.56. The summed E-state index contributed by atoms with van der Waals surface area (Å²) < 4.78 is 9.20. The van der Waals surface area contributed by atoms with E-state index in [2.05, 4.69) is 25.4 Å². The molecule has 1 fully saturated rings. The standard InChI is InChI=1S/C23H25ClN8O4/c1-14-11-17-16(12-18(14)32(34)35)20(3-6-25-17)36-10-7-27-30-8-4-15(5-9-30)31-21-19(29(2)23(31)33)13-26-22(24)28-21/h3,6,11-13,15,27H,4-5,7-10H2,1-2H3. The van der Waals surface area contributed by atoms with Crippen LogP contribution >= 0.6 is 11.6 Å². The average Bonchev–Trinajstić information content (AvgIpc) is 3.10. The number of hydrogen-bond donors (Lipinski definition) is 1. The molecule has 5 rings (SSSR count). The summed E-state index contributed by atoms with van der Waals surface area (Å²) in [5.41, 5.74) is 5.71. The number of nitrogens with zero attached hydrogens (tertiary/aromatic N) is 7.